The fourth-order valence-electron chi connectivity index (χ4n) is 3.16. The number of carbonyl (C=O) groups is 1. The Morgan fingerprint density at radius 3 is 2.59 bits per heavy atom. The largest absolute Gasteiger partial charge is 0.489 e. The molecule has 1 heterocycles. The van der Waals surface area contributed by atoms with Crippen molar-refractivity contribution in [1.29, 1.82) is 0 Å². The Morgan fingerprint density at radius 2 is 1.86 bits per heavy atom. The molecule has 1 aliphatic rings. The molecule has 1 saturated heterocycles. The maximum absolute atomic E-state index is 12.8. The Labute approximate surface area is 171 Å². The number of nitrogens with one attached hydrogen (secondary N) is 1. The summed E-state index contributed by atoms with van der Waals surface area (Å²) < 4.78 is 37.7. The smallest absolute Gasteiger partial charge is 0.255 e. The first kappa shape index (κ1) is 21.3. The van der Waals surface area contributed by atoms with E-state index >= 15 is 0 Å². The quantitative estimate of drug-likeness (QED) is 0.666. The second kappa shape index (κ2) is 9.39. The average molecular weight is 419 g/mol. The molecule has 3 rings (SSSR count). The summed E-state index contributed by atoms with van der Waals surface area (Å²) in [4.78, 5) is 12.9. The van der Waals surface area contributed by atoms with Crippen LogP contribution in [0.2, 0.25) is 0 Å². The van der Waals surface area contributed by atoms with Crippen LogP contribution in [0.15, 0.2) is 47.4 Å². The highest BCUT2D eigenvalue weighted by Gasteiger charge is 2.27. The van der Waals surface area contributed by atoms with Gasteiger partial charge in [0.1, 0.15) is 12.4 Å². The van der Waals surface area contributed by atoms with Gasteiger partial charge in [0, 0.05) is 25.8 Å². The fraction of sp³-hybridized carbons (Fsp3) is 0.381. The number of nitrogens with zero attached hydrogens (tertiary/aromatic N) is 1. The molecule has 0 aromatic heterocycles. The number of methoxy groups -OCH3 is 1. The molecule has 1 fully saturated rings. The van der Waals surface area contributed by atoms with Crippen LogP contribution in [0.4, 0.5) is 5.69 Å². The molecule has 156 valence electrons. The summed E-state index contributed by atoms with van der Waals surface area (Å²) in [5.41, 5.74) is 1.78. The summed E-state index contributed by atoms with van der Waals surface area (Å²) in [6, 6.07) is 11.6. The number of amides is 1. The molecule has 0 spiro atoms. The minimum absolute atomic E-state index is 0.132. The number of anilines is 1. The second-order valence-corrected chi connectivity index (χ2v) is 8.87. The van der Waals surface area contributed by atoms with Gasteiger partial charge in [0.05, 0.1) is 17.2 Å². The molecule has 0 aliphatic carbocycles. The summed E-state index contributed by atoms with van der Waals surface area (Å²) in [5.74, 6) is 0.139. The number of benzene rings is 2. The van der Waals surface area contributed by atoms with E-state index in [1.165, 1.54) is 16.4 Å². The zero-order valence-electron chi connectivity index (χ0n) is 16.7. The number of sulfonamides is 1. The highest BCUT2D eigenvalue weighted by atomic mass is 32.2. The van der Waals surface area contributed by atoms with Crippen molar-refractivity contribution in [2.75, 3.05) is 38.7 Å². The van der Waals surface area contributed by atoms with Gasteiger partial charge in [0.15, 0.2) is 0 Å². The lowest BCUT2D eigenvalue weighted by atomic mass is 10.2. The van der Waals surface area contributed by atoms with E-state index in [0.29, 0.717) is 37.7 Å². The molecule has 0 bridgehead atoms. The van der Waals surface area contributed by atoms with E-state index in [1.807, 2.05) is 19.1 Å². The lowest BCUT2D eigenvalue weighted by Crippen LogP contribution is -2.28. The molecule has 0 saturated carbocycles. The minimum Gasteiger partial charge on any atom is -0.489 e. The summed E-state index contributed by atoms with van der Waals surface area (Å²) in [6.45, 7) is 3.75. The Balaban J connectivity index is 1.80. The fourth-order valence-corrected chi connectivity index (χ4v) is 4.72. The number of aryl methyl sites for hydroxylation is 1. The van der Waals surface area contributed by atoms with Crippen molar-refractivity contribution in [3.8, 4) is 5.75 Å². The molecule has 0 unspecified atom stereocenters. The van der Waals surface area contributed by atoms with Gasteiger partial charge in [-0.3, -0.25) is 4.79 Å². The molecule has 1 amide bonds. The summed E-state index contributed by atoms with van der Waals surface area (Å²) in [6.07, 6.45) is 1.72. The van der Waals surface area contributed by atoms with Crippen LogP contribution in [0.3, 0.4) is 0 Å². The van der Waals surface area contributed by atoms with Gasteiger partial charge in [0.2, 0.25) is 10.0 Å². The van der Waals surface area contributed by atoms with Gasteiger partial charge in [-0.2, -0.15) is 4.31 Å². The lowest BCUT2D eigenvalue weighted by Gasteiger charge is -2.16. The maximum Gasteiger partial charge on any atom is 0.255 e. The van der Waals surface area contributed by atoms with Gasteiger partial charge >= 0.3 is 0 Å². The molecule has 0 radical (unpaired) electrons. The molecular weight excluding hydrogens is 392 g/mol. The van der Waals surface area contributed by atoms with Crippen molar-refractivity contribution < 1.29 is 22.7 Å². The third-order valence-electron chi connectivity index (χ3n) is 4.73. The van der Waals surface area contributed by atoms with E-state index < -0.39 is 15.9 Å². The summed E-state index contributed by atoms with van der Waals surface area (Å²) in [5, 5.41) is 2.82. The normalized spacial score (nSPS) is 14.7. The zero-order chi connectivity index (χ0) is 20.9. The van der Waals surface area contributed by atoms with Gasteiger partial charge in [-0.05, 0) is 55.7 Å². The van der Waals surface area contributed by atoms with Crippen LogP contribution in [0.25, 0.3) is 0 Å². The van der Waals surface area contributed by atoms with Gasteiger partial charge in [-0.1, -0.05) is 12.1 Å². The van der Waals surface area contributed by atoms with Crippen molar-refractivity contribution in [2.24, 2.45) is 0 Å². The number of hydrogen-bond acceptors (Lipinski definition) is 5. The predicted octanol–water partition coefficient (Wildman–Crippen LogP) is 3.06. The topological polar surface area (TPSA) is 84.9 Å². The van der Waals surface area contributed by atoms with Crippen molar-refractivity contribution >= 4 is 21.6 Å². The number of rotatable bonds is 8. The molecule has 7 nitrogen and oxygen atoms in total. The Hall–Kier alpha value is -2.42. The number of hydrogen-bond donors (Lipinski definition) is 1. The van der Waals surface area contributed by atoms with Crippen LogP contribution < -0.4 is 10.1 Å². The van der Waals surface area contributed by atoms with E-state index in [2.05, 4.69) is 5.32 Å². The number of carbonyl (C=O) groups excluding carboxylic acids is 1. The monoisotopic (exact) mass is 418 g/mol. The molecule has 1 N–H and O–H groups in total. The summed E-state index contributed by atoms with van der Waals surface area (Å²) >= 11 is 0. The third-order valence-corrected chi connectivity index (χ3v) is 6.62. The molecule has 29 heavy (non-hydrogen) atoms. The van der Waals surface area contributed by atoms with Gasteiger partial charge < -0.3 is 14.8 Å². The first-order valence-electron chi connectivity index (χ1n) is 9.56. The highest BCUT2D eigenvalue weighted by Crippen LogP contribution is 2.27. The van der Waals surface area contributed by atoms with Crippen LogP contribution in [-0.4, -0.2) is 52.0 Å². The zero-order valence-corrected chi connectivity index (χ0v) is 17.5. The van der Waals surface area contributed by atoms with Crippen molar-refractivity contribution in [3.05, 3.63) is 53.6 Å². The Morgan fingerprint density at radius 1 is 1.10 bits per heavy atom. The van der Waals surface area contributed by atoms with Crippen LogP contribution in [0.1, 0.15) is 28.8 Å². The van der Waals surface area contributed by atoms with Crippen molar-refractivity contribution in [3.63, 3.8) is 0 Å². The molecular formula is C21H26N2O5S. The molecule has 8 heteroatoms. The first-order chi connectivity index (χ1) is 13.9. The van der Waals surface area contributed by atoms with Gasteiger partial charge in [-0.15, -0.1) is 0 Å². The maximum atomic E-state index is 12.8. The first-order valence-corrected chi connectivity index (χ1v) is 11.0. The number of ether oxygens (including phenoxy) is 2. The van der Waals surface area contributed by atoms with Gasteiger partial charge in [-0.25, -0.2) is 8.42 Å². The lowest BCUT2D eigenvalue weighted by molar-refractivity contribution is 0.102. The highest BCUT2D eigenvalue weighted by molar-refractivity contribution is 7.89. The van der Waals surface area contributed by atoms with Gasteiger partial charge in [0.25, 0.3) is 5.91 Å². The second-order valence-electron chi connectivity index (χ2n) is 6.93. The molecule has 2 aromatic rings. The average Bonchev–Trinajstić information content (AvgIpc) is 3.26. The van der Waals surface area contributed by atoms with Crippen LogP contribution in [0, 0.1) is 6.92 Å². The van der Waals surface area contributed by atoms with E-state index in [9.17, 15) is 13.2 Å². The SMILES string of the molecule is COCCOc1cc(C)ccc1NC(=O)c1cccc(S(=O)(=O)N2CCCC2)c1. The van der Waals surface area contributed by atoms with E-state index in [1.54, 1.807) is 25.3 Å². The Kier molecular flexibility index (Phi) is 6.89. The van der Waals surface area contributed by atoms with Crippen molar-refractivity contribution in [1.82, 2.24) is 4.31 Å². The molecule has 0 atom stereocenters. The van der Waals surface area contributed by atoms with Crippen LogP contribution in [0.5, 0.6) is 5.75 Å². The predicted molar refractivity (Wildman–Crippen MR) is 111 cm³/mol. The van der Waals surface area contributed by atoms with E-state index in [-0.39, 0.29) is 10.5 Å². The molecule has 1 aliphatic heterocycles. The van der Waals surface area contributed by atoms with E-state index in [4.69, 9.17) is 9.47 Å². The van der Waals surface area contributed by atoms with Crippen molar-refractivity contribution in [2.45, 2.75) is 24.7 Å². The molecule has 2 aromatic carbocycles. The Bertz CT molecular complexity index is 969. The summed E-state index contributed by atoms with van der Waals surface area (Å²) in [7, 11) is -1.99. The minimum atomic E-state index is -3.58. The van der Waals surface area contributed by atoms with Crippen LogP contribution in [-0.2, 0) is 14.8 Å². The third kappa shape index (κ3) is 5.14. The standard InChI is InChI=1S/C21H26N2O5S/c1-16-8-9-19(20(14-16)28-13-12-27-2)22-21(24)17-6-5-7-18(15-17)29(25,26)23-10-3-4-11-23/h5-9,14-15H,3-4,10-13H2,1-2H3,(H,22,24). The van der Waals surface area contributed by atoms with Crippen LogP contribution >= 0.6 is 0 Å². The van der Waals surface area contributed by atoms with E-state index in [0.717, 1.165) is 18.4 Å².